The van der Waals surface area contributed by atoms with E-state index in [0.717, 1.165) is 0 Å². The van der Waals surface area contributed by atoms with Gasteiger partial charge in [0.05, 0.1) is 12.1 Å². The molecule has 8 heteroatoms. The molecule has 0 saturated carbocycles. The minimum Gasteiger partial charge on any atom is -0.508 e. The predicted molar refractivity (Wildman–Crippen MR) is 101 cm³/mol. The monoisotopic (exact) mass is 402 g/mol. The third-order valence-electron chi connectivity index (χ3n) is 3.93. The molecule has 1 aromatic heterocycles. The molecule has 0 radical (unpaired) electrons. The summed E-state index contributed by atoms with van der Waals surface area (Å²) < 4.78 is 19.8. The number of anilines is 1. The van der Waals surface area contributed by atoms with Crippen LogP contribution in [0.1, 0.15) is 39.2 Å². The highest BCUT2D eigenvalue weighted by atomic mass is 35.5. The highest BCUT2D eigenvalue weighted by molar-refractivity contribution is 6.38. The van der Waals surface area contributed by atoms with Crippen molar-refractivity contribution < 1.29 is 19.3 Å². The number of nitrogens with one attached hydrogen (secondary N) is 1. The summed E-state index contributed by atoms with van der Waals surface area (Å²) in [7, 11) is 0. The summed E-state index contributed by atoms with van der Waals surface area (Å²) in [5, 5.41) is 22.0. The second kappa shape index (κ2) is 8.29. The Labute approximate surface area is 161 Å². The fourth-order valence-corrected chi connectivity index (χ4v) is 2.65. The Hall–Kier alpha value is -1.76. The lowest BCUT2D eigenvalue weighted by Crippen LogP contribution is -2.28. The number of phenolic OH excluding ortho intramolecular Hbond substituents is 1. The molecule has 0 aliphatic heterocycles. The van der Waals surface area contributed by atoms with Crippen molar-refractivity contribution in [1.29, 1.82) is 0 Å². The van der Waals surface area contributed by atoms with Crippen LogP contribution in [0.5, 0.6) is 17.2 Å². The second-order valence-corrected chi connectivity index (χ2v) is 7.12. The quantitative estimate of drug-likeness (QED) is 0.569. The number of benzene rings is 1. The van der Waals surface area contributed by atoms with Crippen molar-refractivity contribution in [2.45, 2.75) is 45.8 Å². The molecule has 0 fully saturated rings. The first-order valence-electron chi connectivity index (χ1n) is 8.11. The van der Waals surface area contributed by atoms with Crippen molar-refractivity contribution in [3.05, 3.63) is 39.8 Å². The van der Waals surface area contributed by atoms with Gasteiger partial charge in [0.15, 0.2) is 11.6 Å². The van der Waals surface area contributed by atoms with Crippen LogP contribution in [-0.2, 0) is 0 Å². The van der Waals surface area contributed by atoms with E-state index in [1.54, 1.807) is 19.9 Å². The Bertz CT molecular complexity index is 800. The van der Waals surface area contributed by atoms with Gasteiger partial charge in [-0.05, 0) is 38.0 Å². The molecule has 0 aliphatic carbocycles. The minimum atomic E-state index is -0.950. The summed E-state index contributed by atoms with van der Waals surface area (Å²) in [6.07, 6.45) is -0.707. The van der Waals surface area contributed by atoms with E-state index in [1.807, 2.05) is 13.8 Å². The van der Waals surface area contributed by atoms with E-state index in [-0.39, 0.29) is 33.3 Å². The van der Waals surface area contributed by atoms with Crippen molar-refractivity contribution >= 4 is 29.0 Å². The zero-order valence-corrected chi connectivity index (χ0v) is 16.4. The number of ether oxygens (including phenoxy) is 1. The zero-order valence-electron chi connectivity index (χ0n) is 14.8. The van der Waals surface area contributed by atoms with Crippen LogP contribution in [-0.4, -0.2) is 27.3 Å². The van der Waals surface area contributed by atoms with Crippen molar-refractivity contribution in [1.82, 2.24) is 4.98 Å². The largest absolute Gasteiger partial charge is 0.508 e. The van der Waals surface area contributed by atoms with E-state index in [0.29, 0.717) is 11.3 Å². The zero-order chi connectivity index (χ0) is 19.6. The molecule has 0 saturated heterocycles. The molecule has 0 spiro atoms. The summed E-state index contributed by atoms with van der Waals surface area (Å²) >= 11 is 12.3. The number of aliphatic hydroxyl groups is 1. The van der Waals surface area contributed by atoms with Gasteiger partial charge in [-0.15, -0.1) is 0 Å². The van der Waals surface area contributed by atoms with Gasteiger partial charge in [-0.3, -0.25) is 0 Å². The fraction of sp³-hybridized carbons (Fsp3) is 0.389. The van der Waals surface area contributed by atoms with Gasteiger partial charge in [-0.2, -0.15) is 9.37 Å². The van der Waals surface area contributed by atoms with Crippen LogP contribution in [0.15, 0.2) is 18.2 Å². The first-order chi connectivity index (χ1) is 12.1. The van der Waals surface area contributed by atoms with E-state index >= 15 is 0 Å². The number of hydrogen-bond acceptors (Lipinski definition) is 5. The summed E-state index contributed by atoms with van der Waals surface area (Å²) in [6, 6.07) is 4.22. The summed E-state index contributed by atoms with van der Waals surface area (Å²) in [5.74, 6) is -0.493. The average molecular weight is 403 g/mol. The predicted octanol–water partition coefficient (Wildman–Crippen LogP) is 5.33. The molecule has 2 atom stereocenters. The Morgan fingerprint density at radius 2 is 1.81 bits per heavy atom. The Kier molecular flexibility index (Phi) is 6.55. The molecule has 1 heterocycles. The average Bonchev–Trinajstić information content (AvgIpc) is 2.57. The topological polar surface area (TPSA) is 74.6 Å². The van der Waals surface area contributed by atoms with Crippen LogP contribution in [0.4, 0.5) is 10.2 Å². The summed E-state index contributed by atoms with van der Waals surface area (Å²) in [6.45, 7) is 7.12. The molecular formula is C18H21Cl2FN2O3. The van der Waals surface area contributed by atoms with E-state index in [4.69, 9.17) is 27.9 Å². The molecule has 2 rings (SSSR count). The maximum atomic E-state index is 14.1. The maximum Gasteiger partial charge on any atom is 0.237 e. The lowest BCUT2D eigenvalue weighted by atomic mass is 10.0. The molecule has 26 heavy (non-hydrogen) atoms. The first kappa shape index (κ1) is 20.6. The van der Waals surface area contributed by atoms with Crippen LogP contribution < -0.4 is 10.1 Å². The standard InChI is InChI=1S/C18H21Cl2FN2O3/c1-8(2)12-7-11(5-6-13(12)25)26-16-14(19)17(21)23-18(15(16)20)22-9(3)10(4)24/h5-10,24-25H,1-4H3,(H,22,23). The van der Waals surface area contributed by atoms with Crippen LogP contribution in [0.25, 0.3) is 0 Å². The number of rotatable bonds is 6. The minimum absolute atomic E-state index is 0.0110. The van der Waals surface area contributed by atoms with Crippen LogP contribution >= 0.6 is 23.2 Å². The number of hydrogen-bond donors (Lipinski definition) is 3. The number of pyridine rings is 1. The van der Waals surface area contributed by atoms with Crippen molar-refractivity contribution in [2.24, 2.45) is 0 Å². The highest BCUT2D eigenvalue weighted by Crippen LogP contribution is 2.42. The van der Waals surface area contributed by atoms with Gasteiger partial charge in [0.25, 0.3) is 0 Å². The molecule has 142 valence electrons. The lowest BCUT2D eigenvalue weighted by molar-refractivity contribution is 0.177. The van der Waals surface area contributed by atoms with Gasteiger partial charge in [-0.1, -0.05) is 37.0 Å². The fourth-order valence-electron chi connectivity index (χ4n) is 2.19. The van der Waals surface area contributed by atoms with Gasteiger partial charge in [-0.25, -0.2) is 0 Å². The van der Waals surface area contributed by atoms with Crippen LogP contribution in [0.2, 0.25) is 10.0 Å². The highest BCUT2D eigenvalue weighted by Gasteiger charge is 2.22. The smallest absolute Gasteiger partial charge is 0.237 e. The van der Waals surface area contributed by atoms with Crippen molar-refractivity contribution in [2.75, 3.05) is 5.32 Å². The Morgan fingerprint density at radius 1 is 1.15 bits per heavy atom. The molecule has 1 aromatic carbocycles. The molecular weight excluding hydrogens is 382 g/mol. The lowest BCUT2D eigenvalue weighted by Gasteiger charge is -2.20. The number of aromatic nitrogens is 1. The number of phenols is 1. The first-order valence-corrected chi connectivity index (χ1v) is 8.87. The summed E-state index contributed by atoms with van der Waals surface area (Å²) in [5.41, 5.74) is 0.672. The number of aliphatic hydroxyl groups excluding tert-OH is 1. The van der Waals surface area contributed by atoms with Crippen LogP contribution in [0.3, 0.4) is 0 Å². The molecule has 2 aromatic rings. The van der Waals surface area contributed by atoms with E-state index < -0.39 is 18.1 Å². The number of nitrogens with zero attached hydrogens (tertiary/aromatic N) is 1. The van der Waals surface area contributed by atoms with Gasteiger partial charge >= 0.3 is 0 Å². The van der Waals surface area contributed by atoms with E-state index in [2.05, 4.69) is 10.3 Å². The molecule has 0 bridgehead atoms. The third-order valence-corrected chi connectivity index (χ3v) is 4.60. The van der Waals surface area contributed by atoms with Gasteiger partial charge in [0.1, 0.15) is 21.5 Å². The maximum absolute atomic E-state index is 14.1. The SMILES string of the molecule is CC(C)c1cc(Oc2c(Cl)c(F)nc(NC(C)C(C)O)c2Cl)ccc1O. The van der Waals surface area contributed by atoms with Crippen molar-refractivity contribution in [3.63, 3.8) is 0 Å². The van der Waals surface area contributed by atoms with E-state index in [1.165, 1.54) is 12.1 Å². The molecule has 0 amide bonds. The molecule has 3 N–H and O–H groups in total. The van der Waals surface area contributed by atoms with Crippen molar-refractivity contribution in [3.8, 4) is 17.2 Å². The molecule has 2 unspecified atom stereocenters. The van der Waals surface area contributed by atoms with E-state index in [9.17, 15) is 14.6 Å². The third kappa shape index (κ3) is 4.50. The normalized spacial score (nSPS) is 13.6. The second-order valence-electron chi connectivity index (χ2n) is 6.36. The Balaban J connectivity index is 2.43. The Morgan fingerprint density at radius 3 is 2.38 bits per heavy atom. The van der Waals surface area contributed by atoms with Gasteiger partial charge in [0.2, 0.25) is 5.95 Å². The number of halogens is 3. The molecule has 5 nitrogen and oxygen atoms in total. The van der Waals surface area contributed by atoms with Crippen LogP contribution in [0, 0.1) is 5.95 Å². The number of aromatic hydroxyl groups is 1. The van der Waals surface area contributed by atoms with Gasteiger partial charge < -0.3 is 20.3 Å². The van der Waals surface area contributed by atoms with Gasteiger partial charge in [0, 0.05) is 5.56 Å². The summed E-state index contributed by atoms with van der Waals surface area (Å²) in [4.78, 5) is 3.68. The molecule has 0 aliphatic rings.